The summed E-state index contributed by atoms with van der Waals surface area (Å²) >= 11 is 0. The van der Waals surface area contributed by atoms with E-state index in [9.17, 15) is 14.4 Å². The normalized spacial score (nSPS) is 13.5. The maximum Gasteiger partial charge on any atom is 0.305 e. The molecule has 5 N–H and O–H groups in total. The van der Waals surface area contributed by atoms with Gasteiger partial charge in [-0.15, -0.1) is 0 Å². The number of aliphatic carboxylic acids is 1. The Morgan fingerprint density at radius 2 is 1.82 bits per heavy atom. The van der Waals surface area contributed by atoms with Crippen LogP contribution in [0.15, 0.2) is 42.5 Å². The lowest BCUT2D eigenvalue weighted by Gasteiger charge is -2.21. The molecule has 0 fully saturated rings. The summed E-state index contributed by atoms with van der Waals surface area (Å²) in [6.07, 6.45) is 0.353. The lowest BCUT2D eigenvalue weighted by molar-refractivity contribution is -0.136. The quantitative estimate of drug-likeness (QED) is 0.440. The van der Waals surface area contributed by atoms with E-state index in [0.717, 1.165) is 11.1 Å². The molecule has 2 amide bonds. The summed E-state index contributed by atoms with van der Waals surface area (Å²) in [6.45, 7) is -0.170. The summed E-state index contributed by atoms with van der Waals surface area (Å²) in [5.41, 5.74) is 8.71. The van der Waals surface area contributed by atoms with Crippen molar-refractivity contribution in [3.05, 3.63) is 64.7 Å². The monoisotopic (exact) mass is 380 g/mol. The number of hydrogen-bond acceptors (Lipinski definition) is 4. The summed E-state index contributed by atoms with van der Waals surface area (Å²) in [5, 5.41) is 18.9. The molecule has 8 nitrogen and oxygen atoms in total. The van der Waals surface area contributed by atoms with Crippen molar-refractivity contribution in [2.24, 2.45) is 5.73 Å². The van der Waals surface area contributed by atoms with Crippen LogP contribution >= 0.6 is 0 Å². The molecule has 1 aliphatic heterocycles. The highest BCUT2D eigenvalue weighted by Gasteiger charge is 2.26. The summed E-state index contributed by atoms with van der Waals surface area (Å²) in [6, 6.07) is 12.5. The predicted octanol–water partition coefficient (Wildman–Crippen LogP) is 1.11. The van der Waals surface area contributed by atoms with Crippen LogP contribution in [0.4, 0.5) is 5.69 Å². The minimum absolute atomic E-state index is 0.000582. The first-order chi connectivity index (χ1) is 13.3. The number of anilines is 1. The topological polar surface area (TPSA) is 137 Å². The van der Waals surface area contributed by atoms with Gasteiger partial charge in [0, 0.05) is 12.1 Å². The van der Waals surface area contributed by atoms with Crippen molar-refractivity contribution >= 4 is 29.3 Å². The molecule has 1 heterocycles. The zero-order chi connectivity index (χ0) is 20.3. The van der Waals surface area contributed by atoms with Crippen molar-refractivity contribution < 1.29 is 19.5 Å². The number of nitrogens with two attached hydrogens (primary N) is 1. The van der Waals surface area contributed by atoms with E-state index < -0.39 is 5.97 Å². The fraction of sp³-hybridized carbons (Fsp3) is 0.200. The van der Waals surface area contributed by atoms with Crippen LogP contribution in [0.3, 0.4) is 0 Å². The van der Waals surface area contributed by atoms with Gasteiger partial charge in [0.05, 0.1) is 24.2 Å². The number of nitrogens with one attached hydrogen (secondary N) is 2. The number of fused-ring (bicyclic) bond motifs is 1. The Kier molecular flexibility index (Phi) is 5.39. The first-order valence-electron chi connectivity index (χ1n) is 8.72. The van der Waals surface area contributed by atoms with Crippen molar-refractivity contribution in [2.45, 2.75) is 12.8 Å². The highest BCUT2D eigenvalue weighted by atomic mass is 16.4. The number of nitrogen functional groups attached to an aromatic ring is 1. The lowest BCUT2D eigenvalue weighted by atomic mass is 10.00. The molecule has 0 aliphatic carbocycles. The van der Waals surface area contributed by atoms with Crippen LogP contribution in [0.25, 0.3) is 0 Å². The lowest BCUT2D eigenvalue weighted by Crippen LogP contribution is -2.37. The molecule has 2 aromatic rings. The van der Waals surface area contributed by atoms with E-state index in [2.05, 4.69) is 5.32 Å². The Hall–Kier alpha value is -3.68. The molecule has 144 valence electrons. The van der Waals surface area contributed by atoms with E-state index in [-0.39, 0.29) is 37.2 Å². The average molecular weight is 380 g/mol. The van der Waals surface area contributed by atoms with Gasteiger partial charge in [0.2, 0.25) is 5.91 Å². The van der Waals surface area contributed by atoms with E-state index in [1.54, 1.807) is 24.3 Å². The van der Waals surface area contributed by atoms with E-state index in [0.29, 0.717) is 23.2 Å². The van der Waals surface area contributed by atoms with Gasteiger partial charge in [0.1, 0.15) is 5.84 Å². The Labute approximate surface area is 161 Å². The van der Waals surface area contributed by atoms with Crippen LogP contribution in [0.5, 0.6) is 0 Å². The zero-order valence-corrected chi connectivity index (χ0v) is 15.1. The SMILES string of the molecule is N=C(N)c1ccc(Cc2ccc3c(c2)C(=O)NCC(=O)N3CCC(=O)O)cc1. The highest BCUT2D eigenvalue weighted by molar-refractivity contribution is 6.09. The fourth-order valence-corrected chi connectivity index (χ4v) is 3.08. The van der Waals surface area contributed by atoms with E-state index in [1.165, 1.54) is 4.90 Å². The smallest absolute Gasteiger partial charge is 0.305 e. The second-order valence-electron chi connectivity index (χ2n) is 6.51. The second-order valence-corrected chi connectivity index (χ2v) is 6.51. The molecule has 0 unspecified atom stereocenters. The standard InChI is InChI=1S/C20H20N4O4/c21-19(22)14-4-1-12(2-5-14)9-13-3-6-16-15(10-13)20(28)23-11-17(25)24(16)8-7-18(26)27/h1-6,10H,7-9,11H2,(H3,21,22)(H,23,28)(H,26,27). The van der Waals surface area contributed by atoms with Gasteiger partial charge in [-0.25, -0.2) is 0 Å². The second kappa shape index (κ2) is 7.91. The molecule has 3 rings (SSSR count). The number of rotatable bonds is 6. The molecule has 0 radical (unpaired) electrons. The van der Waals surface area contributed by atoms with Gasteiger partial charge >= 0.3 is 5.97 Å². The van der Waals surface area contributed by atoms with Gasteiger partial charge in [0.25, 0.3) is 5.91 Å². The van der Waals surface area contributed by atoms with Crippen LogP contribution in [-0.4, -0.2) is 41.8 Å². The van der Waals surface area contributed by atoms with Crippen molar-refractivity contribution in [2.75, 3.05) is 18.0 Å². The first kappa shape index (κ1) is 19.1. The van der Waals surface area contributed by atoms with Gasteiger partial charge in [-0.2, -0.15) is 0 Å². The van der Waals surface area contributed by atoms with Crippen LogP contribution in [0.1, 0.15) is 33.5 Å². The molecule has 0 saturated carbocycles. The summed E-state index contributed by atoms with van der Waals surface area (Å²) < 4.78 is 0. The number of amides is 2. The first-order valence-corrected chi connectivity index (χ1v) is 8.72. The van der Waals surface area contributed by atoms with Crippen molar-refractivity contribution in [3.8, 4) is 0 Å². The van der Waals surface area contributed by atoms with E-state index in [4.69, 9.17) is 16.2 Å². The molecule has 0 bridgehead atoms. The third-order valence-corrected chi connectivity index (χ3v) is 4.52. The molecule has 2 aromatic carbocycles. The van der Waals surface area contributed by atoms with Gasteiger partial charge in [-0.3, -0.25) is 19.8 Å². The number of nitrogens with zero attached hydrogens (tertiary/aromatic N) is 1. The van der Waals surface area contributed by atoms with Crippen LogP contribution in [-0.2, 0) is 16.0 Å². The molecule has 8 heteroatoms. The van der Waals surface area contributed by atoms with E-state index >= 15 is 0 Å². The van der Waals surface area contributed by atoms with Gasteiger partial charge in [-0.05, 0) is 29.7 Å². The summed E-state index contributed by atoms with van der Waals surface area (Å²) in [7, 11) is 0. The van der Waals surface area contributed by atoms with Gasteiger partial charge in [-0.1, -0.05) is 30.3 Å². The minimum Gasteiger partial charge on any atom is -0.481 e. The number of carboxylic acid groups (broad SMARTS) is 1. The molecule has 0 spiro atoms. The Bertz CT molecular complexity index is 953. The Balaban J connectivity index is 1.88. The average Bonchev–Trinajstić information content (AvgIpc) is 2.77. The molecular weight excluding hydrogens is 360 g/mol. The minimum atomic E-state index is -1.01. The summed E-state index contributed by atoms with van der Waals surface area (Å²) in [5.74, 6) is -1.72. The summed E-state index contributed by atoms with van der Waals surface area (Å²) in [4.78, 5) is 36.9. The van der Waals surface area contributed by atoms with Crippen LogP contribution in [0.2, 0.25) is 0 Å². The molecule has 0 atom stereocenters. The number of amidine groups is 1. The molecule has 0 saturated heterocycles. The van der Waals surface area contributed by atoms with Crippen LogP contribution < -0.4 is 16.0 Å². The number of carbonyl (C=O) groups excluding carboxylic acids is 2. The van der Waals surface area contributed by atoms with Crippen molar-refractivity contribution in [1.29, 1.82) is 5.41 Å². The molecule has 0 aromatic heterocycles. The Morgan fingerprint density at radius 1 is 1.14 bits per heavy atom. The number of carbonyl (C=O) groups is 3. The Morgan fingerprint density at radius 3 is 2.46 bits per heavy atom. The maximum absolute atomic E-state index is 12.4. The third-order valence-electron chi connectivity index (χ3n) is 4.52. The van der Waals surface area contributed by atoms with Gasteiger partial charge in [0.15, 0.2) is 0 Å². The zero-order valence-electron chi connectivity index (χ0n) is 15.1. The third kappa shape index (κ3) is 4.17. The number of carboxylic acids is 1. The molecule has 28 heavy (non-hydrogen) atoms. The van der Waals surface area contributed by atoms with Crippen molar-refractivity contribution in [3.63, 3.8) is 0 Å². The fourth-order valence-electron chi connectivity index (χ4n) is 3.08. The largest absolute Gasteiger partial charge is 0.481 e. The molecule has 1 aliphatic rings. The van der Waals surface area contributed by atoms with Crippen molar-refractivity contribution in [1.82, 2.24) is 5.32 Å². The highest BCUT2D eigenvalue weighted by Crippen LogP contribution is 2.26. The predicted molar refractivity (Wildman–Crippen MR) is 104 cm³/mol. The van der Waals surface area contributed by atoms with Crippen LogP contribution in [0, 0.1) is 5.41 Å². The maximum atomic E-state index is 12.4. The van der Waals surface area contributed by atoms with E-state index in [1.807, 2.05) is 18.2 Å². The molecular formula is C20H20N4O4. The van der Waals surface area contributed by atoms with Gasteiger partial charge < -0.3 is 21.1 Å². The number of hydrogen-bond donors (Lipinski definition) is 4. The number of benzene rings is 2.